The third-order valence-electron chi connectivity index (χ3n) is 6.56. The van der Waals surface area contributed by atoms with Crippen LogP contribution in [0, 0.1) is 28.1 Å². The second-order valence-corrected chi connectivity index (χ2v) is 9.61. The predicted molar refractivity (Wildman–Crippen MR) is 87.3 cm³/mol. The van der Waals surface area contributed by atoms with E-state index in [1.807, 2.05) is 0 Å². The number of carbonyl (C=O) groups excluding carboxylic acids is 1. The quantitative estimate of drug-likeness (QED) is 0.768. The summed E-state index contributed by atoms with van der Waals surface area (Å²) in [5.74, 6) is 2.01. The Morgan fingerprint density at radius 2 is 1.71 bits per heavy atom. The summed E-state index contributed by atoms with van der Waals surface area (Å²) >= 11 is 5.94. The Hall–Kier alpha value is -0.240. The molecule has 0 heterocycles. The number of nitrogens with one attached hydrogen (secondary N) is 1. The molecule has 4 bridgehead atoms. The Kier molecular flexibility index (Phi) is 3.63. The van der Waals surface area contributed by atoms with Gasteiger partial charge in [-0.25, -0.2) is 0 Å². The number of hydrogen-bond acceptors (Lipinski definition) is 1. The van der Waals surface area contributed by atoms with E-state index >= 15 is 0 Å². The molecule has 4 rings (SSSR count). The lowest BCUT2D eigenvalue weighted by molar-refractivity contribution is -0.170. The fourth-order valence-electron chi connectivity index (χ4n) is 6.34. The summed E-state index contributed by atoms with van der Waals surface area (Å²) in [5, 5.41) is 3.30. The molecule has 0 spiro atoms. The van der Waals surface area contributed by atoms with Gasteiger partial charge >= 0.3 is 0 Å². The van der Waals surface area contributed by atoms with Crippen LogP contribution in [0.3, 0.4) is 0 Å². The molecule has 0 aliphatic heterocycles. The van der Waals surface area contributed by atoms with E-state index in [4.69, 9.17) is 11.6 Å². The third kappa shape index (κ3) is 2.62. The highest BCUT2D eigenvalue weighted by atomic mass is 35.5. The minimum atomic E-state index is -0.0940. The third-order valence-corrected chi connectivity index (χ3v) is 7.05. The Labute approximate surface area is 134 Å². The van der Waals surface area contributed by atoms with Gasteiger partial charge < -0.3 is 5.32 Å². The molecule has 21 heavy (non-hydrogen) atoms. The summed E-state index contributed by atoms with van der Waals surface area (Å²) in [7, 11) is 0. The molecule has 0 aromatic heterocycles. The summed E-state index contributed by atoms with van der Waals surface area (Å²) in [5.41, 5.74) is 0.697. The standard InChI is InChI=1S/C18H30ClNO/c1-12(8-19)13(2)20-15(21)18-7-14-5-16(3,10-18)9-17(4,6-14)11-18/h12-14H,5-11H2,1-4H3,(H,20,21). The van der Waals surface area contributed by atoms with Crippen LogP contribution in [0.15, 0.2) is 0 Å². The van der Waals surface area contributed by atoms with Gasteiger partial charge in [0.15, 0.2) is 0 Å². The SMILES string of the molecule is CC(CCl)C(C)NC(=O)C12CC3CC(C)(CC(C)(C3)C1)C2. The number of amides is 1. The van der Waals surface area contributed by atoms with Crippen molar-refractivity contribution in [3.63, 3.8) is 0 Å². The van der Waals surface area contributed by atoms with Crippen LogP contribution in [-0.2, 0) is 4.79 Å². The van der Waals surface area contributed by atoms with Crippen molar-refractivity contribution in [2.75, 3.05) is 5.88 Å². The average Bonchev–Trinajstić information content (AvgIpc) is 2.33. The molecular formula is C18H30ClNO. The molecule has 0 aromatic carbocycles. The maximum absolute atomic E-state index is 13.1. The smallest absolute Gasteiger partial charge is 0.226 e. The van der Waals surface area contributed by atoms with E-state index in [-0.39, 0.29) is 11.5 Å². The first kappa shape index (κ1) is 15.6. The molecule has 0 saturated heterocycles. The maximum Gasteiger partial charge on any atom is 0.226 e. The first-order valence-electron chi connectivity index (χ1n) is 8.56. The summed E-state index contributed by atoms with van der Waals surface area (Å²) < 4.78 is 0. The molecule has 4 saturated carbocycles. The van der Waals surface area contributed by atoms with Gasteiger partial charge in [0.2, 0.25) is 5.91 Å². The Morgan fingerprint density at radius 3 is 2.19 bits per heavy atom. The van der Waals surface area contributed by atoms with E-state index < -0.39 is 0 Å². The van der Waals surface area contributed by atoms with Gasteiger partial charge in [0, 0.05) is 11.9 Å². The number of hydrogen-bond donors (Lipinski definition) is 1. The lowest BCUT2D eigenvalue weighted by Gasteiger charge is -2.64. The second kappa shape index (κ2) is 4.88. The zero-order chi connectivity index (χ0) is 15.5. The molecule has 4 atom stereocenters. The van der Waals surface area contributed by atoms with E-state index in [0.29, 0.717) is 28.5 Å². The van der Waals surface area contributed by atoms with Crippen molar-refractivity contribution in [2.24, 2.45) is 28.1 Å². The number of rotatable bonds is 4. The van der Waals surface area contributed by atoms with Crippen LogP contribution in [0.2, 0.25) is 0 Å². The lowest BCUT2D eigenvalue weighted by Crippen LogP contribution is -2.60. The van der Waals surface area contributed by atoms with Crippen molar-refractivity contribution >= 4 is 17.5 Å². The minimum absolute atomic E-state index is 0.0940. The number of halogens is 1. The van der Waals surface area contributed by atoms with Gasteiger partial charge in [-0.1, -0.05) is 20.8 Å². The van der Waals surface area contributed by atoms with Crippen LogP contribution in [0.4, 0.5) is 0 Å². The van der Waals surface area contributed by atoms with Gasteiger partial charge in [0.25, 0.3) is 0 Å². The van der Waals surface area contributed by atoms with Crippen LogP contribution < -0.4 is 5.32 Å². The molecule has 4 unspecified atom stereocenters. The molecule has 4 aliphatic rings. The van der Waals surface area contributed by atoms with E-state index in [2.05, 4.69) is 33.0 Å². The van der Waals surface area contributed by atoms with E-state index in [0.717, 1.165) is 25.2 Å². The summed E-state index contributed by atoms with van der Waals surface area (Å²) in [6, 6.07) is 0.170. The molecule has 0 aromatic rings. The molecule has 3 heteroatoms. The molecule has 0 radical (unpaired) electrons. The Balaban J connectivity index is 1.79. The Morgan fingerprint density at radius 1 is 1.14 bits per heavy atom. The van der Waals surface area contributed by atoms with Crippen LogP contribution in [-0.4, -0.2) is 17.8 Å². The van der Waals surface area contributed by atoms with Gasteiger partial charge in [-0.15, -0.1) is 11.6 Å². The van der Waals surface area contributed by atoms with E-state index in [1.54, 1.807) is 0 Å². The second-order valence-electron chi connectivity index (χ2n) is 9.30. The predicted octanol–water partition coefficient (Wildman–Crippen LogP) is 4.36. The van der Waals surface area contributed by atoms with Crippen molar-refractivity contribution in [3.05, 3.63) is 0 Å². The molecule has 4 aliphatic carbocycles. The largest absolute Gasteiger partial charge is 0.353 e. The maximum atomic E-state index is 13.1. The van der Waals surface area contributed by atoms with Gasteiger partial charge in [0.05, 0.1) is 5.41 Å². The van der Waals surface area contributed by atoms with E-state index in [9.17, 15) is 4.79 Å². The molecule has 2 nitrogen and oxygen atoms in total. The first-order valence-corrected chi connectivity index (χ1v) is 9.10. The fraction of sp³-hybridized carbons (Fsp3) is 0.944. The van der Waals surface area contributed by atoms with Crippen molar-refractivity contribution < 1.29 is 4.79 Å². The molecule has 1 N–H and O–H groups in total. The Bertz CT molecular complexity index is 430. The first-order chi connectivity index (χ1) is 9.69. The van der Waals surface area contributed by atoms with Crippen LogP contribution in [0.1, 0.15) is 66.2 Å². The summed E-state index contributed by atoms with van der Waals surface area (Å²) in [6.07, 6.45) is 7.31. The normalized spacial score (nSPS) is 47.2. The fourth-order valence-corrected chi connectivity index (χ4v) is 6.60. The molecule has 120 valence electrons. The van der Waals surface area contributed by atoms with Crippen LogP contribution >= 0.6 is 11.6 Å². The van der Waals surface area contributed by atoms with Crippen molar-refractivity contribution in [1.82, 2.24) is 5.32 Å². The molecular weight excluding hydrogens is 282 g/mol. The monoisotopic (exact) mass is 311 g/mol. The van der Waals surface area contributed by atoms with Gasteiger partial charge in [0.1, 0.15) is 0 Å². The number of carbonyl (C=O) groups is 1. The number of alkyl halides is 1. The van der Waals surface area contributed by atoms with Crippen molar-refractivity contribution in [2.45, 2.75) is 72.3 Å². The zero-order valence-electron chi connectivity index (χ0n) is 14.0. The minimum Gasteiger partial charge on any atom is -0.353 e. The summed E-state index contributed by atoms with van der Waals surface area (Å²) in [4.78, 5) is 13.1. The molecule has 1 amide bonds. The average molecular weight is 312 g/mol. The highest BCUT2D eigenvalue weighted by molar-refractivity contribution is 6.18. The van der Waals surface area contributed by atoms with E-state index in [1.165, 1.54) is 19.3 Å². The van der Waals surface area contributed by atoms with Crippen LogP contribution in [0.5, 0.6) is 0 Å². The van der Waals surface area contributed by atoms with Crippen molar-refractivity contribution in [1.29, 1.82) is 0 Å². The van der Waals surface area contributed by atoms with Gasteiger partial charge in [-0.05, 0) is 68.1 Å². The summed E-state index contributed by atoms with van der Waals surface area (Å²) in [6.45, 7) is 9.04. The lowest BCUT2D eigenvalue weighted by atomic mass is 9.40. The molecule has 4 fully saturated rings. The highest BCUT2D eigenvalue weighted by Gasteiger charge is 2.62. The zero-order valence-corrected chi connectivity index (χ0v) is 14.7. The topological polar surface area (TPSA) is 29.1 Å². The highest BCUT2D eigenvalue weighted by Crippen LogP contribution is 2.69. The van der Waals surface area contributed by atoms with Gasteiger partial charge in [-0.2, -0.15) is 0 Å². The van der Waals surface area contributed by atoms with Gasteiger partial charge in [-0.3, -0.25) is 4.79 Å². The van der Waals surface area contributed by atoms with Crippen LogP contribution in [0.25, 0.3) is 0 Å². The van der Waals surface area contributed by atoms with Crippen molar-refractivity contribution in [3.8, 4) is 0 Å².